The van der Waals surface area contributed by atoms with Gasteiger partial charge in [-0.3, -0.25) is 4.79 Å². The van der Waals surface area contributed by atoms with E-state index in [1.54, 1.807) is 12.1 Å². The second-order valence-corrected chi connectivity index (χ2v) is 9.66. The predicted molar refractivity (Wildman–Crippen MR) is 113 cm³/mol. The molecule has 0 aliphatic heterocycles. The normalized spacial score (nSPS) is 11.8. The van der Waals surface area contributed by atoms with Crippen LogP contribution in [0.15, 0.2) is 47.4 Å². The maximum absolute atomic E-state index is 14.3. The number of hydrogen-bond acceptors (Lipinski definition) is 3. The van der Waals surface area contributed by atoms with Crippen LogP contribution in [0.4, 0.5) is 4.39 Å². The number of sulfonamides is 1. The van der Waals surface area contributed by atoms with E-state index in [1.807, 2.05) is 20.8 Å². The lowest BCUT2D eigenvalue weighted by atomic mass is 10.1. The van der Waals surface area contributed by atoms with Crippen LogP contribution in [0, 0.1) is 18.7 Å². The van der Waals surface area contributed by atoms with Crippen molar-refractivity contribution in [3.63, 3.8) is 0 Å². The summed E-state index contributed by atoms with van der Waals surface area (Å²) in [5.41, 5.74) is 0.930. The van der Waals surface area contributed by atoms with Crippen LogP contribution in [0.1, 0.15) is 31.4 Å². The third-order valence-corrected chi connectivity index (χ3v) is 6.58. The van der Waals surface area contributed by atoms with E-state index in [0.29, 0.717) is 12.5 Å². The molecule has 0 saturated carbocycles. The number of halogens is 2. The molecule has 2 aromatic carbocycles. The van der Waals surface area contributed by atoms with Crippen molar-refractivity contribution in [2.45, 2.75) is 38.6 Å². The van der Waals surface area contributed by atoms with Crippen molar-refractivity contribution in [1.82, 2.24) is 9.62 Å². The van der Waals surface area contributed by atoms with Gasteiger partial charge in [0.25, 0.3) is 0 Å². The summed E-state index contributed by atoms with van der Waals surface area (Å²) >= 11 is 6.08. The van der Waals surface area contributed by atoms with Gasteiger partial charge in [-0.1, -0.05) is 49.2 Å². The van der Waals surface area contributed by atoms with E-state index in [9.17, 15) is 17.6 Å². The molecule has 0 fully saturated rings. The van der Waals surface area contributed by atoms with Crippen molar-refractivity contribution >= 4 is 27.5 Å². The molecule has 1 N–H and O–H groups in total. The van der Waals surface area contributed by atoms with Crippen molar-refractivity contribution in [3.8, 4) is 0 Å². The summed E-state index contributed by atoms with van der Waals surface area (Å²) in [6, 6.07) is 10.4. The second-order valence-electron chi connectivity index (χ2n) is 7.32. The Morgan fingerprint density at radius 1 is 1.17 bits per heavy atom. The lowest BCUT2D eigenvalue weighted by molar-refractivity contribution is -0.121. The Hall–Kier alpha value is -1.96. The number of nitrogens with one attached hydrogen (secondary N) is 1. The van der Waals surface area contributed by atoms with E-state index in [2.05, 4.69) is 5.32 Å². The van der Waals surface area contributed by atoms with Gasteiger partial charge in [0.1, 0.15) is 5.82 Å². The molecule has 0 aliphatic rings. The van der Waals surface area contributed by atoms with Crippen molar-refractivity contribution in [2.75, 3.05) is 13.1 Å². The van der Waals surface area contributed by atoms with E-state index in [4.69, 9.17) is 11.6 Å². The molecule has 0 aliphatic carbocycles. The van der Waals surface area contributed by atoms with Crippen molar-refractivity contribution in [2.24, 2.45) is 5.92 Å². The van der Waals surface area contributed by atoms with Crippen LogP contribution in [0.25, 0.3) is 0 Å². The number of carbonyl (C=O) groups excluding carboxylic acids is 1. The smallest absolute Gasteiger partial charge is 0.243 e. The van der Waals surface area contributed by atoms with Crippen LogP contribution < -0.4 is 5.32 Å². The molecule has 0 spiro atoms. The number of hydrogen-bond donors (Lipinski definition) is 1. The minimum absolute atomic E-state index is 0.0276. The average molecular weight is 441 g/mol. The summed E-state index contributed by atoms with van der Waals surface area (Å²) in [5.74, 6) is -0.671. The van der Waals surface area contributed by atoms with Gasteiger partial charge in [0.2, 0.25) is 15.9 Å². The maximum Gasteiger partial charge on any atom is 0.243 e. The summed E-state index contributed by atoms with van der Waals surface area (Å²) in [6.45, 7) is 5.56. The zero-order valence-corrected chi connectivity index (χ0v) is 18.4. The number of rotatable bonds is 9. The van der Waals surface area contributed by atoms with Gasteiger partial charge in [-0.2, -0.15) is 4.31 Å². The first-order valence-corrected chi connectivity index (χ1v) is 11.2. The molecule has 1 amide bonds. The summed E-state index contributed by atoms with van der Waals surface area (Å²) < 4.78 is 41.6. The fraction of sp³-hybridized carbons (Fsp3) is 0.381. The Morgan fingerprint density at radius 3 is 2.41 bits per heavy atom. The van der Waals surface area contributed by atoms with E-state index in [1.165, 1.54) is 30.3 Å². The summed E-state index contributed by atoms with van der Waals surface area (Å²) in [6.07, 6.45) is 0.773. The highest BCUT2D eigenvalue weighted by Gasteiger charge is 2.28. The highest BCUT2D eigenvalue weighted by Crippen LogP contribution is 2.24. The molecule has 0 aromatic heterocycles. The van der Waals surface area contributed by atoms with Gasteiger partial charge in [-0.25, -0.2) is 12.8 Å². The molecule has 0 heterocycles. The average Bonchev–Trinajstić information content (AvgIpc) is 2.64. The minimum Gasteiger partial charge on any atom is -0.355 e. The molecule has 0 atom stereocenters. The predicted octanol–water partition coefficient (Wildman–Crippen LogP) is 4.14. The highest BCUT2D eigenvalue weighted by molar-refractivity contribution is 7.89. The van der Waals surface area contributed by atoms with Crippen LogP contribution >= 0.6 is 11.6 Å². The Bertz CT molecular complexity index is 927. The molecular formula is C21H26ClFN2O3S. The quantitative estimate of drug-likeness (QED) is 0.637. The topological polar surface area (TPSA) is 66.5 Å². The minimum atomic E-state index is -4.04. The van der Waals surface area contributed by atoms with Gasteiger partial charge < -0.3 is 5.32 Å². The SMILES string of the molecule is Cc1ccc(S(=O)(=O)N(CC(=O)NCCC(C)C)Cc2c(F)cccc2Cl)cc1. The van der Waals surface area contributed by atoms with Crippen LogP contribution in [0.5, 0.6) is 0 Å². The lowest BCUT2D eigenvalue weighted by Crippen LogP contribution is -2.41. The van der Waals surface area contributed by atoms with E-state index in [0.717, 1.165) is 16.3 Å². The summed E-state index contributed by atoms with van der Waals surface area (Å²) in [7, 11) is -4.04. The molecule has 0 unspecified atom stereocenters. The Kier molecular flexibility index (Phi) is 8.19. The molecule has 29 heavy (non-hydrogen) atoms. The first-order chi connectivity index (χ1) is 13.6. The Balaban J connectivity index is 2.32. The fourth-order valence-corrected chi connectivity index (χ4v) is 4.25. The molecular weight excluding hydrogens is 415 g/mol. The number of nitrogens with zero attached hydrogens (tertiary/aromatic N) is 1. The standard InChI is InChI=1S/C21H26ClFN2O3S/c1-15(2)11-12-24-21(26)14-25(13-18-19(22)5-4-6-20(18)23)29(27,28)17-9-7-16(3)8-10-17/h4-10,15H,11-14H2,1-3H3,(H,24,26). The Labute approximate surface area is 176 Å². The molecule has 5 nitrogen and oxygen atoms in total. The monoisotopic (exact) mass is 440 g/mol. The van der Waals surface area contributed by atoms with Gasteiger partial charge in [0.15, 0.2) is 0 Å². The van der Waals surface area contributed by atoms with Crippen LogP contribution in [-0.2, 0) is 21.4 Å². The van der Waals surface area contributed by atoms with Crippen molar-refractivity contribution < 1.29 is 17.6 Å². The molecule has 0 saturated heterocycles. The van der Waals surface area contributed by atoms with E-state index >= 15 is 0 Å². The zero-order chi connectivity index (χ0) is 21.6. The molecule has 2 aromatic rings. The van der Waals surface area contributed by atoms with E-state index in [-0.39, 0.29) is 22.0 Å². The molecule has 0 radical (unpaired) electrons. The number of amides is 1. The Morgan fingerprint density at radius 2 is 1.83 bits per heavy atom. The first kappa shape index (κ1) is 23.3. The summed E-state index contributed by atoms with van der Waals surface area (Å²) in [4.78, 5) is 12.4. The second kappa shape index (κ2) is 10.2. The molecule has 0 bridgehead atoms. The number of aryl methyl sites for hydroxylation is 1. The van der Waals surface area contributed by atoms with Gasteiger partial charge >= 0.3 is 0 Å². The van der Waals surface area contributed by atoms with Crippen molar-refractivity contribution in [1.29, 1.82) is 0 Å². The lowest BCUT2D eigenvalue weighted by Gasteiger charge is -2.23. The van der Waals surface area contributed by atoms with Crippen LogP contribution in [0.2, 0.25) is 5.02 Å². The van der Waals surface area contributed by atoms with Gasteiger partial charge in [0.05, 0.1) is 11.4 Å². The summed E-state index contributed by atoms with van der Waals surface area (Å²) in [5, 5.41) is 2.83. The third kappa shape index (κ3) is 6.52. The molecule has 158 valence electrons. The van der Waals surface area contributed by atoms with Gasteiger partial charge in [-0.15, -0.1) is 0 Å². The maximum atomic E-state index is 14.3. The molecule has 2 rings (SSSR count). The zero-order valence-electron chi connectivity index (χ0n) is 16.8. The largest absolute Gasteiger partial charge is 0.355 e. The van der Waals surface area contributed by atoms with Gasteiger partial charge in [-0.05, 0) is 43.5 Å². The number of carbonyl (C=O) groups is 1. The van der Waals surface area contributed by atoms with Crippen LogP contribution in [-0.4, -0.2) is 31.7 Å². The number of benzene rings is 2. The van der Waals surface area contributed by atoms with Gasteiger partial charge in [0, 0.05) is 23.7 Å². The van der Waals surface area contributed by atoms with E-state index < -0.39 is 28.3 Å². The van der Waals surface area contributed by atoms with Crippen molar-refractivity contribution in [3.05, 3.63) is 64.4 Å². The molecule has 8 heteroatoms. The third-order valence-electron chi connectivity index (χ3n) is 4.42. The fourth-order valence-electron chi connectivity index (χ4n) is 2.66. The highest BCUT2D eigenvalue weighted by atomic mass is 35.5. The first-order valence-electron chi connectivity index (χ1n) is 9.37. The van der Waals surface area contributed by atoms with Crippen LogP contribution in [0.3, 0.4) is 0 Å².